The van der Waals surface area contributed by atoms with Crippen LogP contribution in [-0.4, -0.2) is 17.5 Å². The first-order chi connectivity index (χ1) is 8.34. The quantitative estimate of drug-likeness (QED) is 0.762. The average Bonchev–Trinajstić information content (AvgIpc) is 2.35. The van der Waals surface area contributed by atoms with E-state index in [9.17, 15) is 9.59 Å². The Morgan fingerprint density at radius 1 is 1.39 bits per heavy atom. The van der Waals surface area contributed by atoms with E-state index >= 15 is 0 Å². The third-order valence-corrected chi connectivity index (χ3v) is 3.33. The third-order valence-electron chi connectivity index (χ3n) is 3.33. The number of urea groups is 1. The molecule has 0 fully saturated rings. The highest BCUT2D eigenvalue weighted by Crippen LogP contribution is 2.38. The number of nitrogens with zero attached hydrogens (tertiary/aromatic N) is 1. The van der Waals surface area contributed by atoms with E-state index in [1.807, 2.05) is 13.8 Å². The fourth-order valence-corrected chi connectivity index (χ4v) is 1.94. The summed E-state index contributed by atoms with van der Waals surface area (Å²) in [6.45, 7) is 5.36. The molecule has 1 heterocycles. The summed E-state index contributed by atoms with van der Waals surface area (Å²) in [5.74, 6) is -0.339. The number of para-hydroxylation sites is 2. The summed E-state index contributed by atoms with van der Waals surface area (Å²) in [5.41, 5.74) is 5.00. The van der Waals surface area contributed by atoms with Crippen LogP contribution in [-0.2, 0) is 4.79 Å². The first-order valence-electron chi connectivity index (χ1n) is 5.76. The van der Waals surface area contributed by atoms with Gasteiger partial charge in [0.05, 0.1) is 11.6 Å². The van der Waals surface area contributed by atoms with Crippen molar-refractivity contribution in [3.05, 3.63) is 24.3 Å². The third kappa shape index (κ3) is 1.81. The molecule has 1 aromatic rings. The summed E-state index contributed by atoms with van der Waals surface area (Å²) >= 11 is 0. The van der Waals surface area contributed by atoms with Crippen LogP contribution in [0.2, 0.25) is 0 Å². The maximum atomic E-state index is 12.3. The van der Waals surface area contributed by atoms with Crippen molar-refractivity contribution in [2.45, 2.75) is 26.4 Å². The van der Waals surface area contributed by atoms with E-state index in [1.54, 1.807) is 31.2 Å². The Morgan fingerprint density at radius 3 is 2.61 bits per heavy atom. The van der Waals surface area contributed by atoms with Gasteiger partial charge in [0.25, 0.3) is 0 Å². The largest absolute Gasteiger partial charge is 0.485 e. The van der Waals surface area contributed by atoms with Gasteiger partial charge in [-0.2, -0.15) is 0 Å². The van der Waals surface area contributed by atoms with Gasteiger partial charge in [0.2, 0.25) is 5.91 Å². The minimum absolute atomic E-state index is 0.350. The highest BCUT2D eigenvalue weighted by atomic mass is 16.5. The van der Waals surface area contributed by atoms with Crippen molar-refractivity contribution in [2.75, 3.05) is 4.90 Å². The van der Waals surface area contributed by atoms with E-state index in [-0.39, 0.29) is 5.91 Å². The van der Waals surface area contributed by atoms with Crippen LogP contribution in [0.25, 0.3) is 0 Å². The molecule has 0 bridgehead atoms. The van der Waals surface area contributed by atoms with Crippen LogP contribution in [0.1, 0.15) is 20.8 Å². The summed E-state index contributed by atoms with van der Waals surface area (Å²) in [6.07, 6.45) is 0. The standard InChI is InChI=1S/C13H16N2O3/c1-8-11(16)15(12(14)17)9-6-4-5-7-10(9)18-13(8,2)3/h4-8H,1-3H3,(H2,14,17). The van der Waals surface area contributed by atoms with Crippen LogP contribution in [0.4, 0.5) is 10.5 Å². The molecular weight excluding hydrogens is 232 g/mol. The van der Waals surface area contributed by atoms with Crippen LogP contribution >= 0.6 is 0 Å². The topological polar surface area (TPSA) is 72.6 Å². The highest BCUT2D eigenvalue weighted by molar-refractivity contribution is 6.15. The maximum Gasteiger partial charge on any atom is 0.326 e. The van der Waals surface area contributed by atoms with E-state index in [0.717, 1.165) is 4.90 Å². The molecular formula is C13H16N2O3. The van der Waals surface area contributed by atoms with Crippen LogP contribution in [0.5, 0.6) is 5.75 Å². The summed E-state index contributed by atoms with van der Waals surface area (Å²) in [4.78, 5) is 24.8. The molecule has 2 N–H and O–H groups in total. The van der Waals surface area contributed by atoms with Gasteiger partial charge in [-0.15, -0.1) is 0 Å². The fourth-order valence-electron chi connectivity index (χ4n) is 1.94. The smallest absolute Gasteiger partial charge is 0.326 e. The van der Waals surface area contributed by atoms with Crippen molar-refractivity contribution < 1.29 is 14.3 Å². The van der Waals surface area contributed by atoms with Gasteiger partial charge in [-0.1, -0.05) is 12.1 Å². The van der Waals surface area contributed by atoms with Crippen molar-refractivity contribution >= 4 is 17.6 Å². The first-order valence-corrected chi connectivity index (χ1v) is 5.76. The zero-order chi connectivity index (χ0) is 13.5. The van der Waals surface area contributed by atoms with Crippen molar-refractivity contribution in [2.24, 2.45) is 11.7 Å². The number of carbonyl (C=O) groups is 2. The number of fused-ring (bicyclic) bond motifs is 1. The molecule has 1 aliphatic rings. The second kappa shape index (κ2) is 4.01. The molecule has 2 rings (SSSR count). The van der Waals surface area contributed by atoms with Gasteiger partial charge >= 0.3 is 6.03 Å². The molecule has 5 heteroatoms. The van der Waals surface area contributed by atoms with Crippen LogP contribution in [0, 0.1) is 5.92 Å². The molecule has 0 spiro atoms. The molecule has 1 aromatic carbocycles. The van der Waals surface area contributed by atoms with Gasteiger partial charge < -0.3 is 10.5 Å². The zero-order valence-electron chi connectivity index (χ0n) is 10.6. The van der Waals surface area contributed by atoms with E-state index in [4.69, 9.17) is 10.5 Å². The molecule has 18 heavy (non-hydrogen) atoms. The Kier molecular flexibility index (Phi) is 2.77. The molecule has 1 aliphatic heterocycles. The van der Waals surface area contributed by atoms with Gasteiger partial charge in [0.15, 0.2) is 0 Å². The van der Waals surface area contributed by atoms with Crippen LogP contribution < -0.4 is 15.4 Å². The number of carbonyl (C=O) groups excluding carboxylic acids is 2. The number of benzene rings is 1. The first kappa shape index (κ1) is 12.4. The van der Waals surface area contributed by atoms with E-state index < -0.39 is 17.6 Å². The van der Waals surface area contributed by atoms with Gasteiger partial charge in [0, 0.05) is 0 Å². The molecule has 0 aliphatic carbocycles. The lowest BCUT2D eigenvalue weighted by Crippen LogP contribution is -2.48. The summed E-state index contributed by atoms with van der Waals surface area (Å²) < 4.78 is 5.84. The number of ether oxygens (including phenoxy) is 1. The van der Waals surface area contributed by atoms with Gasteiger partial charge in [-0.05, 0) is 32.9 Å². The molecule has 5 nitrogen and oxygen atoms in total. The van der Waals surface area contributed by atoms with E-state index in [1.165, 1.54) is 0 Å². The fraction of sp³-hybridized carbons (Fsp3) is 0.385. The Morgan fingerprint density at radius 2 is 2.00 bits per heavy atom. The molecule has 0 saturated heterocycles. The van der Waals surface area contributed by atoms with Crippen molar-refractivity contribution in [1.29, 1.82) is 0 Å². The lowest BCUT2D eigenvalue weighted by atomic mass is 9.91. The number of imide groups is 1. The average molecular weight is 248 g/mol. The Balaban J connectivity index is 2.63. The second-order valence-electron chi connectivity index (χ2n) is 4.91. The lowest BCUT2D eigenvalue weighted by Gasteiger charge is -2.29. The Labute approximate surface area is 106 Å². The monoisotopic (exact) mass is 248 g/mol. The number of hydrogen-bond acceptors (Lipinski definition) is 3. The Bertz CT molecular complexity index is 511. The van der Waals surface area contributed by atoms with E-state index in [2.05, 4.69) is 0 Å². The summed E-state index contributed by atoms with van der Waals surface area (Å²) in [7, 11) is 0. The van der Waals surface area contributed by atoms with Gasteiger partial charge in [-0.25, -0.2) is 9.69 Å². The van der Waals surface area contributed by atoms with Gasteiger partial charge in [0.1, 0.15) is 11.4 Å². The zero-order valence-corrected chi connectivity index (χ0v) is 10.6. The van der Waals surface area contributed by atoms with Crippen molar-refractivity contribution in [1.82, 2.24) is 0 Å². The maximum absolute atomic E-state index is 12.3. The van der Waals surface area contributed by atoms with Crippen LogP contribution in [0.15, 0.2) is 24.3 Å². The SMILES string of the molecule is CC1C(=O)N(C(N)=O)c2ccccc2OC1(C)C. The predicted octanol–water partition coefficient (Wildman–Crippen LogP) is 1.91. The molecule has 96 valence electrons. The molecule has 0 radical (unpaired) electrons. The second-order valence-corrected chi connectivity index (χ2v) is 4.91. The van der Waals surface area contributed by atoms with Gasteiger partial charge in [-0.3, -0.25) is 4.79 Å². The van der Waals surface area contributed by atoms with E-state index in [0.29, 0.717) is 11.4 Å². The number of amides is 3. The Hall–Kier alpha value is -2.04. The molecule has 1 atom stereocenters. The summed E-state index contributed by atoms with van der Waals surface area (Å²) in [6, 6.07) is 6.09. The number of primary amides is 1. The lowest BCUT2D eigenvalue weighted by molar-refractivity contribution is -0.125. The van der Waals surface area contributed by atoms with Crippen LogP contribution in [0.3, 0.4) is 0 Å². The number of hydrogen-bond donors (Lipinski definition) is 1. The molecule has 3 amide bonds. The number of anilines is 1. The predicted molar refractivity (Wildman–Crippen MR) is 67.4 cm³/mol. The van der Waals surface area contributed by atoms with Crippen molar-refractivity contribution in [3.63, 3.8) is 0 Å². The number of rotatable bonds is 0. The minimum Gasteiger partial charge on any atom is -0.485 e. The highest BCUT2D eigenvalue weighted by Gasteiger charge is 2.42. The number of nitrogens with two attached hydrogens (primary N) is 1. The summed E-state index contributed by atoms with van der Waals surface area (Å²) in [5, 5.41) is 0. The normalized spacial score (nSPS) is 21.8. The van der Waals surface area contributed by atoms with Crippen molar-refractivity contribution in [3.8, 4) is 5.75 Å². The minimum atomic E-state index is -0.791. The molecule has 0 aromatic heterocycles. The molecule has 0 saturated carbocycles. The molecule has 1 unspecified atom stereocenters.